The summed E-state index contributed by atoms with van der Waals surface area (Å²) in [4.78, 5) is 13.2. The van der Waals surface area contributed by atoms with Gasteiger partial charge in [-0.15, -0.1) is 0 Å². The van der Waals surface area contributed by atoms with Crippen molar-refractivity contribution >= 4 is 16.3 Å². The molecule has 0 aromatic carbocycles. The van der Waals surface area contributed by atoms with Crippen molar-refractivity contribution in [3.8, 4) is 0 Å². The van der Waals surface area contributed by atoms with Crippen molar-refractivity contribution in [1.82, 2.24) is 5.32 Å². The first-order valence-corrected chi connectivity index (χ1v) is 35.1. The van der Waals surface area contributed by atoms with E-state index in [9.17, 15) is 38.2 Å². The lowest BCUT2D eigenvalue weighted by atomic mass is 9.99. The number of nitrogens with one attached hydrogen (secondary N) is 1. The summed E-state index contributed by atoms with van der Waals surface area (Å²) in [5, 5.41) is 45.1. The third-order valence-electron chi connectivity index (χ3n) is 16.2. The molecular formula is C66H127NO11S. The second-order valence-electron chi connectivity index (χ2n) is 23.8. The Morgan fingerprint density at radius 2 is 0.810 bits per heavy atom. The van der Waals surface area contributed by atoms with E-state index in [1.54, 1.807) is 6.08 Å². The number of aliphatic hydroxyl groups is 4. The van der Waals surface area contributed by atoms with Gasteiger partial charge in [-0.3, -0.25) is 9.35 Å². The molecule has 7 unspecified atom stereocenters. The average molecular weight is 1140 g/mol. The van der Waals surface area contributed by atoms with Gasteiger partial charge in [0.05, 0.1) is 25.4 Å². The molecule has 1 aliphatic heterocycles. The zero-order valence-corrected chi connectivity index (χ0v) is 52.0. The highest BCUT2D eigenvalue weighted by Gasteiger charge is 2.48. The third-order valence-corrected chi connectivity index (χ3v) is 16.7. The second-order valence-corrected chi connectivity index (χ2v) is 24.8. The van der Waals surface area contributed by atoms with E-state index >= 15 is 0 Å². The Morgan fingerprint density at radius 3 is 1.14 bits per heavy atom. The molecule has 12 nitrogen and oxygen atoms in total. The van der Waals surface area contributed by atoms with Crippen LogP contribution in [0.15, 0.2) is 24.3 Å². The Bertz CT molecular complexity index is 1480. The number of carbonyl (C=O) groups is 1. The molecule has 1 fully saturated rings. The van der Waals surface area contributed by atoms with Gasteiger partial charge < -0.3 is 35.2 Å². The summed E-state index contributed by atoms with van der Waals surface area (Å²) in [6.07, 6.45) is 62.4. The van der Waals surface area contributed by atoms with Crippen molar-refractivity contribution in [2.24, 2.45) is 0 Å². The molecule has 7 atom stereocenters. The smallest absolute Gasteiger partial charge is 0.394 e. The fourth-order valence-electron chi connectivity index (χ4n) is 11.0. The second kappa shape index (κ2) is 55.8. The summed E-state index contributed by atoms with van der Waals surface area (Å²) in [5.41, 5.74) is 0. The van der Waals surface area contributed by atoms with Gasteiger partial charge in [-0.2, -0.15) is 8.42 Å². The zero-order valence-electron chi connectivity index (χ0n) is 51.2. The summed E-state index contributed by atoms with van der Waals surface area (Å²) in [7, 11) is -5.09. The maximum atomic E-state index is 13.2. The Hall–Kier alpha value is -1.42. The third kappa shape index (κ3) is 47.6. The van der Waals surface area contributed by atoms with Crippen LogP contribution >= 0.6 is 0 Å². The summed E-state index contributed by atoms with van der Waals surface area (Å²) < 4.78 is 48.0. The van der Waals surface area contributed by atoms with Crippen LogP contribution in [0.2, 0.25) is 0 Å². The van der Waals surface area contributed by atoms with E-state index < -0.39 is 59.9 Å². The monoisotopic (exact) mass is 1140 g/mol. The highest BCUT2D eigenvalue weighted by atomic mass is 32.3. The van der Waals surface area contributed by atoms with Crippen LogP contribution in [-0.4, -0.2) is 95.4 Å². The molecule has 0 spiro atoms. The molecule has 0 bridgehead atoms. The van der Waals surface area contributed by atoms with Gasteiger partial charge >= 0.3 is 10.4 Å². The molecule has 1 aliphatic rings. The van der Waals surface area contributed by atoms with Gasteiger partial charge in [-0.25, -0.2) is 4.18 Å². The van der Waals surface area contributed by atoms with E-state index in [0.717, 1.165) is 38.5 Å². The number of unbranched alkanes of at least 4 members (excludes halogenated alkanes) is 46. The first-order chi connectivity index (χ1) is 38.5. The van der Waals surface area contributed by atoms with Crippen molar-refractivity contribution in [1.29, 1.82) is 0 Å². The van der Waals surface area contributed by atoms with Crippen molar-refractivity contribution in [2.75, 3.05) is 13.2 Å². The van der Waals surface area contributed by atoms with E-state index in [1.807, 2.05) is 6.08 Å². The molecule has 13 heteroatoms. The van der Waals surface area contributed by atoms with Gasteiger partial charge in [-0.1, -0.05) is 308 Å². The van der Waals surface area contributed by atoms with Gasteiger partial charge in [-0.05, 0) is 44.9 Å². The van der Waals surface area contributed by atoms with E-state index in [-0.39, 0.29) is 18.9 Å². The molecule has 1 heterocycles. The van der Waals surface area contributed by atoms with E-state index in [4.69, 9.17) is 9.47 Å². The van der Waals surface area contributed by atoms with E-state index in [2.05, 4.69) is 35.5 Å². The Morgan fingerprint density at radius 1 is 0.494 bits per heavy atom. The van der Waals surface area contributed by atoms with Crippen LogP contribution in [0.3, 0.4) is 0 Å². The number of amides is 1. The topological polar surface area (TPSA) is 192 Å². The average Bonchev–Trinajstić information content (AvgIpc) is 3.44. The number of hydrogen-bond donors (Lipinski definition) is 6. The number of allylic oxidation sites excluding steroid dienone is 3. The molecule has 0 aromatic heterocycles. The Balaban J connectivity index is 2.28. The van der Waals surface area contributed by atoms with Gasteiger partial charge in [0.25, 0.3) is 0 Å². The van der Waals surface area contributed by atoms with Crippen LogP contribution in [0, 0.1) is 0 Å². The lowest BCUT2D eigenvalue weighted by Gasteiger charge is -2.41. The molecule has 0 radical (unpaired) electrons. The molecule has 1 saturated heterocycles. The summed E-state index contributed by atoms with van der Waals surface area (Å²) in [6.45, 7) is 3.46. The maximum absolute atomic E-state index is 13.2. The van der Waals surface area contributed by atoms with Crippen molar-refractivity contribution in [2.45, 2.75) is 378 Å². The lowest BCUT2D eigenvalue weighted by Crippen LogP contribution is -2.61. The Labute approximate surface area is 486 Å². The molecule has 6 N–H and O–H groups in total. The normalized spacial score (nSPS) is 18.8. The van der Waals surface area contributed by atoms with Crippen LogP contribution in [0.1, 0.15) is 335 Å². The van der Waals surface area contributed by atoms with E-state index in [1.165, 1.54) is 270 Å². The molecule has 0 aliphatic carbocycles. The number of aliphatic hydroxyl groups excluding tert-OH is 4. The van der Waals surface area contributed by atoms with Gasteiger partial charge in [0.15, 0.2) is 6.29 Å². The van der Waals surface area contributed by atoms with Crippen molar-refractivity contribution < 1.29 is 51.8 Å². The van der Waals surface area contributed by atoms with E-state index in [0.29, 0.717) is 6.42 Å². The highest BCUT2D eigenvalue weighted by Crippen LogP contribution is 2.26. The predicted molar refractivity (Wildman–Crippen MR) is 329 cm³/mol. The molecule has 468 valence electrons. The van der Waals surface area contributed by atoms with Gasteiger partial charge in [0.1, 0.15) is 24.4 Å². The minimum Gasteiger partial charge on any atom is -0.394 e. The molecule has 0 saturated carbocycles. The molecule has 1 rings (SSSR count). The van der Waals surface area contributed by atoms with Crippen LogP contribution in [0.4, 0.5) is 0 Å². The summed E-state index contributed by atoms with van der Waals surface area (Å²) in [6, 6.07) is -0.944. The van der Waals surface area contributed by atoms with Crippen LogP contribution in [0.5, 0.6) is 0 Å². The summed E-state index contributed by atoms with van der Waals surface area (Å²) >= 11 is 0. The maximum Gasteiger partial charge on any atom is 0.397 e. The number of hydrogen-bond acceptors (Lipinski definition) is 10. The first-order valence-electron chi connectivity index (χ1n) is 33.7. The van der Waals surface area contributed by atoms with Crippen LogP contribution in [-0.2, 0) is 28.9 Å². The standard InChI is InChI=1S/C66H127NO11S/c1-3-5-7-9-11-13-15-17-19-21-23-25-27-28-29-30-31-32-34-36-38-40-42-44-46-48-50-52-54-56-62(70)67-59(58-76-66-64(72)65(78-79(73,74)75)63(71)61(57-68)77-66)60(69)55-53-51-49-47-45-43-41-39-37-35-33-26-24-22-20-18-16-14-12-10-8-6-4-2/h28-29,53,55,59-61,63-66,68-69,71-72H,3-27,30-52,54,56-58H2,1-2H3,(H,67,70)(H,73,74,75)/b29-28-,55-53+. The molecular weight excluding hydrogens is 1010 g/mol. The van der Waals surface area contributed by atoms with Gasteiger partial charge in [0, 0.05) is 6.42 Å². The van der Waals surface area contributed by atoms with Crippen molar-refractivity contribution in [3.63, 3.8) is 0 Å². The number of rotatable bonds is 60. The Kier molecular flexibility index (Phi) is 53.3. The number of ether oxygens (including phenoxy) is 2. The lowest BCUT2D eigenvalue weighted by molar-refractivity contribution is -0.298. The molecule has 1 amide bonds. The fraction of sp³-hybridized carbons (Fsp3) is 0.924. The van der Waals surface area contributed by atoms with Gasteiger partial charge in [0.2, 0.25) is 5.91 Å². The van der Waals surface area contributed by atoms with Crippen LogP contribution < -0.4 is 5.32 Å². The molecule has 79 heavy (non-hydrogen) atoms. The SMILES string of the molecule is CCCCCCCCCCCCCC/C=C\CCCCCCCCCCCCCCCC(=O)NC(COC1OC(CO)C(O)C(OS(=O)(=O)O)C1O)C(O)/C=C/CCCCCCCCCCCCCCCCCCCCCCC. The minimum atomic E-state index is -5.09. The quantitative estimate of drug-likeness (QED) is 0.0193. The fourth-order valence-corrected chi connectivity index (χ4v) is 11.6. The largest absolute Gasteiger partial charge is 0.397 e. The minimum absolute atomic E-state index is 0.256. The van der Waals surface area contributed by atoms with Crippen molar-refractivity contribution in [3.05, 3.63) is 24.3 Å². The predicted octanol–water partition coefficient (Wildman–Crippen LogP) is 17.1. The highest BCUT2D eigenvalue weighted by molar-refractivity contribution is 7.80. The number of carbonyl (C=O) groups excluding carboxylic acids is 1. The molecule has 0 aromatic rings. The zero-order chi connectivity index (χ0) is 57.5. The summed E-state index contributed by atoms with van der Waals surface area (Å²) in [5.74, 6) is -0.256. The van der Waals surface area contributed by atoms with Crippen LogP contribution in [0.25, 0.3) is 0 Å². The first kappa shape index (κ1) is 75.6.